The van der Waals surface area contributed by atoms with Crippen LogP contribution < -0.4 is 0 Å². The number of carboxylic acids is 2. The maximum atomic E-state index is 9.90. The molecule has 0 aromatic rings. The van der Waals surface area contributed by atoms with Gasteiger partial charge in [0, 0.05) is 12.8 Å². The van der Waals surface area contributed by atoms with Crippen molar-refractivity contribution in [1.82, 2.24) is 0 Å². The Morgan fingerprint density at radius 1 is 1.07 bits per heavy atom. The predicted octanol–water partition coefficient (Wildman–Crippen LogP) is 1.76. The van der Waals surface area contributed by atoms with Crippen LogP contribution in [0.5, 0.6) is 0 Å². The summed E-state index contributed by atoms with van der Waals surface area (Å²) >= 11 is 0. The minimum absolute atomic E-state index is 0.0628. The second-order valence-electron chi connectivity index (χ2n) is 2.18. The number of aliphatic carboxylic acids is 2. The highest BCUT2D eigenvalue weighted by Gasteiger charge is 1.99. The molecule has 0 radical (unpaired) electrons. The molecular formula is C6H10Cl2O5S. The predicted molar refractivity (Wildman–Crippen MR) is 53.6 cm³/mol. The van der Waals surface area contributed by atoms with E-state index in [0.29, 0.717) is 12.8 Å². The summed E-state index contributed by atoms with van der Waals surface area (Å²) in [4.78, 5) is 19.8. The number of carboxylic acid groups (broad SMARTS) is 2. The third kappa shape index (κ3) is 29.7. The van der Waals surface area contributed by atoms with Gasteiger partial charge in [0.2, 0.25) is 0 Å². The Morgan fingerprint density at radius 2 is 1.29 bits per heavy atom. The summed E-state index contributed by atoms with van der Waals surface area (Å²) in [6.45, 7) is 0. The maximum Gasteiger partial charge on any atom is 0.303 e. The van der Waals surface area contributed by atoms with Crippen LogP contribution in [0.4, 0.5) is 0 Å². The van der Waals surface area contributed by atoms with Gasteiger partial charge in [-0.25, -0.2) is 0 Å². The number of hydrogen-bond acceptors (Lipinski definition) is 3. The topological polar surface area (TPSA) is 97.7 Å². The molecule has 0 aliphatic rings. The first-order valence-corrected chi connectivity index (χ1v) is 6.34. The highest BCUT2D eigenvalue weighted by molar-refractivity contribution is 8.31. The van der Waals surface area contributed by atoms with Gasteiger partial charge in [0.25, 0.3) is 0 Å². The molecule has 0 spiro atoms. The molecule has 0 saturated carbocycles. The SMILES string of the molecule is O=C(O)CCCCC(=O)O.[O-][S+](Cl)Cl. The first-order chi connectivity index (χ1) is 6.36. The van der Waals surface area contributed by atoms with E-state index in [4.69, 9.17) is 14.8 Å². The fourth-order valence-electron chi connectivity index (χ4n) is 0.552. The minimum atomic E-state index is -1.67. The van der Waals surface area contributed by atoms with Gasteiger partial charge in [-0.15, -0.1) is 0 Å². The molecule has 0 aliphatic heterocycles. The van der Waals surface area contributed by atoms with Crippen LogP contribution in [-0.2, 0) is 19.2 Å². The Kier molecular flexibility index (Phi) is 12.7. The molecule has 0 aromatic heterocycles. The van der Waals surface area contributed by atoms with Gasteiger partial charge in [-0.3, -0.25) is 9.59 Å². The van der Waals surface area contributed by atoms with Crippen LogP contribution in [0.25, 0.3) is 0 Å². The molecule has 8 heteroatoms. The highest BCUT2D eigenvalue weighted by atomic mass is 36.0. The number of halogens is 2. The normalized spacial score (nSPS) is 9.14. The lowest BCUT2D eigenvalue weighted by atomic mass is 10.2. The first-order valence-electron chi connectivity index (χ1n) is 3.54. The van der Waals surface area contributed by atoms with E-state index in [0.717, 1.165) is 0 Å². The van der Waals surface area contributed by atoms with Crippen molar-refractivity contribution in [1.29, 1.82) is 0 Å². The molecule has 5 nitrogen and oxygen atoms in total. The van der Waals surface area contributed by atoms with Crippen molar-refractivity contribution in [2.45, 2.75) is 25.7 Å². The lowest BCUT2D eigenvalue weighted by Gasteiger charge is -1.92. The summed E-state index contributed by atoms with van der Waals surface area (Å²) in [5, 5.41) is 16.3. The van der Waals surface area contributed by atoms with E-state index in [1.807, 2.05) is 0 Å². The average molecular weight is 265 g/mol. The lowest BCUT2D eigenvalue weighted by Crippen LogP contribution is -1.97. The smallest absolute Gasteiger partial charge is 0.303 e. The van der Waals surface area contributed by atoms with Gasteiger partial charge in [-0.05, 0) is 12.8 Å². The van der Waals surface area contributed by atoms with Crippen LogP contribution in [0.2, 0.25) is 0 Å². The van der Waals surface area contributed by atoms with Gasteiger partial charge in [0.05, 0.1) is 0 Å². The van der Waals surface area contributed by atoms with E-state index < -0.39 is 21.5 Å². The zero-order chi connectivity index (χ0) is 11.6. The Labute approximate surface area is 93.2 Å². The fraction of sp³-hybridized carbons (Fsp3) is 0.667. The van der Waals surface area contributed by atoms with E-state index in [-0.39, 0.29) is 12.8 Å². The molecule has 0 fully saturated rings. The van der Waals surface area contributed by atoms with Crippen LogP contribution >= 0.6 is 21.4 Å². The molecule has 84 valence electrons. The second kappa shape index (κ2) is 10.9. The van der Waals surface area contributed by atoms with Crippen molar-refractivity contribution in [3.05, 3.63) is 0 Å². The van der Waals surface area contributed by atoms with Gasteiger partial charge >= 0.3 is 11.9 Å². The van der Waals surface area contributed by atoms with Crippen molar-refractivity contribution < 1.29 is 24.4 Å². The molecule has 0 unspecified atom stereocenters. The number of unbranched alkanes of at least 4 members (excludes halogenated alkanes) is 1. The van der Waals surface area contributed by atoms with Gasteiger partial charge in [-0.2, -0.15) is 0 Å². The van der Waals surface area contributed by atoms with Gasteiger partial charge in [-0.1, -0.05) is 0 Å². The minimum Gasteiger partial charge on any atom is -0.582 e. The molecule has 0 heterocycles. The summed E-state index contributed by atoms with van der Waals surface area (Å²) in [7, 11) is 7.36. The number of rotatable bonds is 5. The molecule has 0 rings (SSSR count). The summed E-state index contributed by atoms with van der Waals surface area (Å²) < 4.78 is 9.09. The Morgan fingerprint density at radius 3 is 1.43 bits per heavy atom. The third-order valence-corrected chi connectivity index (χ3v) is 1.03. The third-order valence-electron chi connectivity index (χ3n) is 1.03. The highest BCUT2D eigenvalue weighted by Crippen LogP contribution is 1.99. The Balaban J connectivity index is 0. The number of carbonyl (C=O) groups is 2. The van der Waals surface area contributed by atoms with E-state index >= 15 is 0 Å². The van der Waals surface area contributed by atoms with Crippen molar-refractivity contribution in [3.63, 3.8) is 0 Å². The quantitative estimate of drug-likeness (QED) is 0.583. The fourth-order valence-corrected chi connectivity index (χ4v) is 0.552. The lowest BCUT2D eigenvalue weighted by molar-refractivity contribution is -0.139. The average Bonchev–Trinajstić information content (AvgIpc) is 1.96. The van der Waals surface area contributed by atoms with Crippen molar-refractivity contribution in [2.75, 3.05) is 0 Å². The molecule has 2 N–H and O–H groups in total. The van der Waals surface area contributed by atoms with E-state index in [2.05, 4.69) is 21.4 Å². The first kappa shape index (κ1) is 16.3. The molecule has 0 amide bonds. The summed E-state index contributed by atoms with van der Waals surface area (Å²) in [5.41, 5.74) is 0. The molecule has 0 saturated heterocycles. The van der Waals surface area contributed by atoms with Crippen molar-refractivity contribution in [3.8, 4) is 0 Å². The summed E-state index contributed by atoms with van der Waals surface area (Å²) in [5.74, 6) is -1.74. The molecular weight excluding hydrogens is 255 g/mol. The van der Waals surface area contributed by atoms with Crippen LogP contribution in [-0.4, -0.2) is 26.7 Å². The zero-order valence-corrected chi connectivity index (χ0v) is 9.44. The zero-order valence-electron chi connectivity index (χ0n) is 7.11. The van der Waals surface area contributed by atoms with Gasteiger partial charge in [0.15, 0.2) is 31.0 Å². The molecule has 0 atom stereocenters. The van der Waals surface area contributed by atoms with Crippen LogP contribution in [0, 0.1) is 0 Å². The molecule has 14 heavy (non-hydrogen) atoms. The second-order valence-corrected chi connectivity index (χ2v) is 4.70. The van der Waals surface area contributed by atoms with Crippen LogP contribution in [0.1, 0.15) is 25.7 Å². The Hall–Kier alpha value is -0.170. The van der Waals surface area contributed by atoms with Gasteiger partial charge in [0.1, 0.15) is 0 Å². The molecule has 0 aromatic carbocycles. The summed E-state index contributed by atoms with van der Waals surface area (Å²) in [6, 6.07) is 0. The van der Waals surface area contributed by atoms with Crippen molar-refractivity contribution in [2.24, 2.45) is 0 Å². The molecule has 0 aliphatic carbocycles. The van der Waals surface area contributed by atoms with Crippen LogP contribution in [0.3, 0.4) is 0 Å². The standard InChI is InChI=1S/C6H10O4.Cl2OS/c7-5(8)3-1-2-4-6(9)10;1-4(2)3/h1-4H2,(H,7,8)(H,9,10);. The van der Waals surface area contributed by atoms with Gasteiger partial charge < -0.3 is 14.8 Å². The summed E-state index contributed by atoms with van der Waals surface area (Å²) in [6.07, 6.45) is 1.02. The monoisotopic (exact) mass is 264 g/mol. The maximum absolute atomic E-state index is 9.90. The number of hydrogen-bond donors (Lipinski definition) is 2. The Bertz CT molecular complexity index is 157. The largest absolute Gasteiger partial charge is 0.582 e. The van der Waals surface area contributed by atoms with Crippen LogP contribution in [0.15, 0.2) is 0 Å². The molecule has 0 bridgehead atoms. The van der Waals surface area contributed by atoms with E-state index in [1.54, 1.807) is 0 Å². The van der Waals surface area contributed by atoms with E-state index in [9.17, 15) is 9.59 Å². The van der Waals surface area contributed by atoms with E-state index in [1.165, 1.54) is 0 Å². The van der Waals surface area contributed by atoms with Crippen molar-refractivity contribution >= 4 is 42.9 Å².